The molecule has 0 bridgehead atoms. The summed E-state index contributed by atoms with van der Waals surface area (Å²) < 4.78 is 41.6. The lowest BCUT2D eigenvalue weighted by molar-refractivity contribution is 0.440. The van der Waals surface area contributed by atoms with E-state index in [1.54, 1.807) is 30.3 Å². The molecule has 0 atom stereocenters. The summed E-state index contributed by atoms with van der Waals surface area (Å²) in [5, 5.41) is 11.2. The Balaban J connectivity index is 1.87. The topological polar surface area (TPSA) is 105 Å². The number of hydrogen-bond acceptors (Lipinski definition) is 5. The molecule has 2 aromatic heterocycles. The van der Waals surface area contributed by atoms with Crippen molar-refractivity contribution in [1.82, 2.24) is 9.55 Å². The average Bonchev–Trinajstić information content (AvgIpc) is 3.20. The highest BCUT2D eigenvalue weighted by atomic mass is 32.3. The van der Waals surface area contributed by atoms with E-state index in [9.17, 15) is 22.4 Å². The molecule has 0 amide bonds. The summed E-state index contributed by atoms with van der Waals surface area (Å²) >= 11 is 0. The molecule has 0 radical (unpaired) electrons. The van der Waals surface area contributed by atoms with Gasteiger partial charge in [0.2, 0.25) is 0 Å². The Morgan fingerprint density at radius 3 is 2.56 bits per heavy atom. The zero-order valence-electron chi connectivity index (χ0n) is 19.8. The van der Waals surface area contributed by atoms with E-state index in [1.807, 2.05) is 37.5 Å². The number of nitrogens with one attached hydrogen (secondary N) is 1. The summed E-state index contributed by atoms with van der Waals surface area (Å²) in [6, 6.07) is 17.3. The average molecular weight is 504 g/mol. The van der Waals surface area contributed by atoms with Gasteiger partial charge in [0.05, 0.1) is 22.5 Å². The van der Waals surface area contributed by atoms with E-state index in [2.05, 4.69) is 15.2 Å². The van der Waals surface area contributed by atoms with Crippen LogP contribution in [0.5, 0.6) is 5.75 Å². The van der Waals surface area contributed by atoms with Crippen molar-refractivity contribution in [1.29, 1.82) is 5.26 Å². The fourth-order valence-corrected chi connectivity index (χ4v) is 5.19. The Hall–Kier alpha value is -4.16. The van der Waals surface area contributed by atoms with E-state index >= 15 is 0 Å². The van der Waals surface area contributed by atoms with E-state index in [0.717, 1.165) is 16.5 Å². The van der Waals surface area contributed by atoms with Crippen LogP contribution in [-0.2, 0) is 16.9 Å². The summed E-state index contributed by atoms with van der Waals surface area (Å²) in [5.74, 6) is -0.141. The van der Waals surface area contributed by atoms with Crippen molar-refractivity contribution in [2.75, 3.05) is 0 Å². The molecule has 0 unspecified atom stereocenters. The summed E-state index contributed by atoms with van der Waals surface area (Å²) in [6.07, 6.45) is 0.607. The number of benzene rings is 3. The van der Waals surface area contributed by atoms with Crippen molar-refractivity contribution in [3.8, 4) is 22.9 Å². The molecule has 0 spiro atoms. The number of hydrogen-bond donors (Lipinski definition) is 1. The van der Waals surface area contributed by atoms with Crippen LogP contribution in [0.3, 0.4) is 0 Å². The molecule has 2 heterocycles. The van der Waals surface area contributed by atoms with Crippen LogP contribution >= 0.6 is 0 Å². The van der Waals surface area contributed by atoms with E-state index in [4.69, 9.17) is 0 Å². The van der Waals surface area contributed by atoms with E-state index < -0.39 is 10.5 Å². The van der Waals surface area contributed by atoms with Gasteiger partial charge in [0.1, 0.15) is 11.4 Å². The molecule has 5 aromatic rings. The largest absolute Gasteiger partial charge is 0.488 e. The summed E-state index contributed by atoms with van der Waals surface area (Å²) in [4.78, 5) is 17.1. The van der Waals surface area contributed by atoms with Crippen molar-refractivity contribution in [3.63, 3.8) is 0 Å². The molecule has 0 saturated heterocycles. The van der Waals surface area contributed by atoms with Crippen molar-refractivity contribution >= 4 is 43.3 Å². The fourth-order valence-electron chi connectivity index (χ4n) is 4.86. The lowest BCUT2D eigenvalue weighted by Gasteiger charge is -2.19. The standard InChI is InChI=1S/C27H22FN3O4S/c1-4-17-12-22-24(13-21(17)18-6-5-7-19(11-18)35-36(28,33)34)31(15(2)3)27-25(26(22)32)20-9-8-16(14-29)10-23(20)30-27/h5-13,15,30H,4H2,1-3H3. The predicted molar refractivity (Wildman–Crippen MR) is 138 cm³/mol. The highest BCUT2D eigenvalue weighted by Crippen LogP contribution is 2.35. The zero-order valence-corrected chi connectivity index (χ0v) is 20.6. The molecule has 7 nitrogen and oxygen atoms in total. The first-order valence-electron chi connectivity index (χ1n) is 11.4. The number of nitrogens with zero attached hydrogens (tertiary/aromatic N) is 2. The minimum Gasteiger partial charge on any atom is -0.358 e. The van der Waals surface area contributed by atoms with Crippen LogP contribution in [0.2, 0.25) is 0 Å². The Labute approximate surface area is 206 Å². The van der Waals surface area contributed by atoms with Crippen LogP contribution in [0.1, 0.15) is 37.9 Å². The van der Waals surface area contributed by atoms with E-state index in [1.165, 1.54) is 12.1 Å². The van der Waals surface area contributed by atoms with Gasteiger partial charge in [-0.05, 0) is 73.4 Å². The van der Waals surface area contributed by atoms with Crippen LogP contribution < -0.4 is 9.61 Å². The maximum Gasteiger partial charge on any atom is 0.488 e. The number of aromatic amines is 1. The summed E-state index contributed by atoms with van der Waals surface area (Å²) in [6.45, 7) is 6.00. The van der Waals surface area contributed by atoms with Crippen molar-refractivity contribution in [2.45, 2.75) is 33.2 Å². The van der Waals surface area contributed by atoms with Crippen molar-refractivity contribution in [2.24, 2.45) is 0 Å². The smallest absolute Gasteiger partial charge is 0.358 e. The number of fused-ring (bicyclic) bond motifs is 4. The van der Waals surface area contributed by atoms with Gasteiger partial charge in [-0.15, -0.1) is 0 Å². The molecule has 0 aliphatic carbocycles. The van der Waals surface area contributed by atoms with Crippen LogP contribution in [0.25, 0.3) is 44.0 Å². The maximum absolute atomic E-state index is 13.8. The molecule has 3 aromatic carbocycles. The third-order valence-electron chi connectivity index (χ3n) is 6.34. The minimum absolute atomic E-state index is 0.0224. The van der Waals surface area contributed by atoms with Crippen LogP contribution in [-0.4, -0.2) is 18.0 Å². The number of pyridine rings is 1. The van der Waals surface area contributed by atoms with Gasteiger partial charge in [0.25, 0.3) is 0 Å². The SMILES string of the molecule is CCc1cc2c(=O)c3c4ccc(C#N)cc4[nH]c3n(C(C)C)c2cc1-c1cccc(OS(=O)(=O)F)c1. The highest BCUT2D eigenvalue weighted by molar-refractivity contribution is 7.81. The van der Waals surface area contributed by atoms with Crippen molar-refractivity contribution in [3.05, 3.63) is 75.9 Å². The molecule has 182 valence electrons. The van der Waals surface area contributed by atoms with Gasteiger partial charge in [0, 0.05) is 22.3 Å². The highest BCUT2D eigenvalue weighted by Gasteiger charge is 2.20. The molecule has 0 saturated carbocycles. The zero-order chi connectivity index (χ0) is 25.8. The van der Waals surface area contributed by atoms with Gasteiger partial charge in [-0.2, -0.15) is 13.7 Å². The molecule has 0 fully saturated rings. The number of aromatic nitrogens is 2. The summed E-state index contributed by atoms with van der Waals surface area (Å²) in [7, 11) is -5.16. The quantitative estimate of drug-likeness (QED) is 0.300. The Kier molecular flexibility index (Phi) is 5.57. The molecule has 9 heteroatoms. The number of nitriles is 1. The Bertz CT molecular complexity index is 1900. The second-order valence-corrected chi connectivity index (χ2v) is 9.85. The minimum atomic E-state index is -5.16. The van der Waals surface area contributed by atoms with Gasteiger partial charge < -0.3 is 13.7 Å². The number of halogens is 1. The molecule has 5 rings (SSSR count). The van der Waals surface area contributed by atoms with Gasteiger partial charge >= 0.3 is 10.5 Å². The number of H-pyrrole nitrogens is 1. The second kappa shape index (κ2) is 8.50. The van der Waals surface area contributed by atoms with Crippen LogP contribution in [0.15, 0.2) is 59.4 Å². The van der Waals surface area contributed by atoms with Crippen LogP contribution in [0, 0.1) is 11.3 Å². The van der Waals surface area contributed by atoms with Crippen molar-refractivity contribution < 1.29 is 16.5 Å². The lowest BCUT2D eigenvalue weighted by Crippen LogP contribution is -2.13. The Morgan fingerprint density at radius 1 is 1.11 bits per heavy atom. The third kappa shape index (κ3) is 3.89. The fraction of sp³-hybridized carbons (Fsp3) is 0.185. The molecule has 0 aliphatic rings. The predicted octanol–water partition coefficient (Wildman–Crippen LogP) is 5.91. The first kappa shape index (κ1) is 23.6. The van der Waals surface area contributed by atoms with E-state index in [-0.39, 0.29) is 17.2 Å². The van der Waals surface area contributed by atoms with Crippen LogP contribution in [0.4, 0.5) is 3.89 Å². The Morgan fingerprint density at radius 2 is 1.89 bits per heavy atom. The lowest BCUT2D eigenvalue weighted by atomic mass is 9.94. The third-order valence-corrected chi connectivity index (χ3v) is 6.73. The summed E-state index contributed by atoms with van der Waals surface area (Å²) in [5.41, 5.74) is 4.73. The normalized spacial score (nSPS) is 12.0. The molecule has 1 N–H and O–H groups in total. The first-order valence-corrected chi connectivity index (χ1v) is 12.7. The number of aryl methyl sites for hydroxylation is 1. The number of rotatable bonds is 5. The second-order valence-electron chi connectivity index (χ2n) is 8.90. The molecular formula is C27H22FN3O4S. The van der Waals surface area contributed by atoms with Gasteiger partial charge in [0.15, 0.2) is 5.43 Å². The molecule has 36 heavy (non-hydrogen) atoms. The maximum atomic E-state index is 13.8. The van der Waals surface area contributed by atoms with Gasteiger partial charge in [-0.1, -0.05) is 29.0 Å². The first-order chi connectivity index (χ1) is 17.1. The monoisotopic (exact) mass is 503 g/mol. The van der Waals surface area contributed by atoms with Gasteiger partial charge in [-0.3, -0.25) is 4.79 Å². The van der Waals surface area contributed by atoms with E-state index in [0.29, 0.717) is 45.0 Å². The molecule has 0 aliphatic heterocycles. The van der Waals surface area contributed by atoms with Gasteiger partial charge in [-0.25, -0.2) is 0 Å². The molecular weight excluding hydrogens is 481 g/mol.